The van der Waals surface area contributed by atoms with Gasteiger partial charge in [0.1, 0.15) is 11.5 Å². The molecular formula is C16H19NO4S. The molecule has 1 heterocycles. The molecule has 1 unspecified atom stereocenters. The summed E-state index contributed by atoms with van der Waals surface area (Å²) < 4.78 is 10.3. The SMILES string of the molecule is COc1ccc(C(=O)NCCC(O)c2ccsc2)c(OC)c1. The maximum atomic E-state index is 12.2. The molecule has 0 saturated carbocycles. The Hall–Kier alpha value is -2.05. The Morgan fingerprint density at radius 2 is 2.14 bits per heavy atom. The number of methoxy groups -OCH3 is 2. The molecule has 0 spiro atoms. The lowest BCUT2D eigenvalue weighted by molar-refractivity contribution is 0.0939. The monoisotopic (exact) mass is 321 g/mol. The fraction of sp³-hybridized carbons (Fsp3) is 0.312. The molecule has 1 atom stereocenters. The Bertz CT molecular complexity index is 613. The molecule has 1 aromatic carbocycles. The average Bonchev–Trinajstić information content (AvgIpc) is 3.08. The van der Waals surface area contributed by atoms with Crippen molar-refractivity contribution in [2.75, 3.05) is 20.8 Å². The number of benzene rings is 1. The molecule has 0 aliphatic heterocycles. The summed E-state index contributed by atoms with van der Waals surface area (Å²) in [5.74, 6) is 0.841. The van der Waals surface area contributed by atoms with Gasteiger partial charge >= 0.3 is 0 Å². The highest BCUT2D eigenvalue weighted by Crippen LogP contribution is 2.24. The minimum absolute atomic E-state index is 0.239. The summed E-state index contributed by atoms with van der Waals surface area (Å²) in [6.45, 7) is 0.380. The van der Waals surface area contributed by atoms with Crippen LogP contribution in [-0.4, -0.2) is 31.8 Å². The van der Waals surface area contributed by atoms with Crippen LogP contribution in [0.1, 0.15) is 28.4 Å². The van der Waals surface area contributed by atoms with E-state index in [0.29, 0.717) is 30.0 Å². The number of hydrogen-bond acceptors (Lipinski definition) is 5. The van der Waals surface area contributed by atoms with Crippen molar-refractivity contribution < 1.29 is 19.4 Å². The van der Waals surface area contributed by atoms with Crippen molar-refractivity contribution in [3.63, 3.8) is 0 Å². The van der Waals surface area contributed by atoms with E-state index in [1.807, 2.05) is 16.8 Å². The van der Waals surface area contributed by atoms with E-state index in [-0.39, 0.29) is 5.91 Å². The molecule has 0 bridgehead atoms. The van der Waals surface area contributed by atoms with Gasteiger partial charge in [-0.05, 0) is 40.9 Å². The molecule has 1 aromatic heterocycles. The van der Waals surface area contributed by atoms with Crippen LogP contribution < -0.4 is 14.8 Å². The summed E-state index contributed by atoms with van der Waals surface area (Å²) in [4.78, 5) is 12.2. The van der Waals surface area contributed by atoms with Gasteiger partial charge in [0.2, 0.25) is 0 Å². The molecule has 5 nitrogen and oxygen atoms in total. The number of thiophene rings is 1. The van der Waals surface area contributed by atoms with Crippen molar-refractivity contribution in [3.8, 4) is 11.5 Å². The minimum Gasteiger partial charge on any atom is -0.497 e. The third-order valence-corrected chi connectivity index (χ3v) is 3.99. The van der Waals surface area contributed by atoms with E-state index in [2.05, 4.69) is 5.32 Å². The highest BCUT2D eigenvalue weighted by Gasteiger charge is 2.14. The minimum atomic E-state index is -0.565. The molecule has 0 fully saturated rings. The molecular weight excluding hydrogens is 302 g/mol. The van der Waals surface area contributed by atoms with Crippen LogP contribution in [0.3, 0.4) is 0 Å². The van der Waals surface area contributed by atoms with Gasteiger partial charge in [0.25, 0.3) is 5.91 Å². The molecule has 0 saturated heterocycles. The number of carbonyl (C=O) groups excluding carboxylic acids is 1. The predicted molar refractivity (Wildman–Crippen MR) is 85.8 cm³/mol. The molecule has 2 rings (SSSR count). The smallest absolute Gasteiger partial charge is 0.255 e. The molecule has 1 amide bonds. The molecule has 2 aromatic rings. The van der Waals surface area contributed by atoms with Crippen molar-refractivity contribution >= 4 is 17.2 Å². The van der Waals surface area contributed by atoms with E-state index in [0.717, 1.165) is 5.56 Å². The van der Waals surface area contributed by atoms with Gasteiger partial charge < -0.3 is 19.9 Å². The van der Waals surface area contributed by atoms with Gasteiger partial charge in [-0.25, -0.2) is 0 Å². The average molecular weight is 321 g/mol. The van der Waals surface area contributed by atoms with Crippen molar-refractivity contribution in [1.29, 1.82) is 0 Å². The maximum absolute atomic E-state index is 12.2. The molecule has 22 heavy (non-hydrogen) atoms. The first-order chi connectivity index (χ1) is 10.7. The largest absolute Gasteiger partial charge is 0.497 e. The van der Waals surface area contributed by atoms with Gasteiger partial charge in [0.15, 0.2) is 0 Å². The molecule has 2 N–H and O–H groups in total. The van der Waals surface area contributed by atoms with Gasteiger partial charge in [-0.3, -0.25) is 4.79 Å². The highest BCUT2D eigenvalue weighted by atomic mass is 32.1. The summed E-state index contributed by atoms with van der Waals surface area (Å²) in [5, 5.41) is 16.6. The van der Waals surface area contributed by atoms with Gasteiger partial charge in [0.05, 0.1) is 25.9 Å². The normalized spacial score (nSPS) is 11.8. The Morgan fingerprint density at radius 1 is 1.32 bits per heavy atom. The molecule has 0 radical (unpaired) electrons. The van der Waals surface area contributed by atoms with Crippen LogP contribution in [0, 0.1) is 0 Å². The molecule has 0 aliphatic carbocycles. The molecule has 118 valence electrons. The van der Waals surface area contributed by atoms with Crippen LogP contribution >= 0.6 is 11.3 Å². The van der Waals surface area contributed by atoms with E-state index in [9.17, 15) is 9.90 Å². The second-order valence-electron chi connectivity index (χ2n) is 4.68. The summed E-state index contributed by atoms with van der Waals surface area (Å²) in [7, 11) is 3.06. The number of nitrogens with one attached hydrogen (secondary N) is 1. The van der Waals surface area contributed by atoms with Crippen LogP contribution in [0.2, 0.25) is 0 Å². The zero-order valence-electron chi connectivity index (χ0n) is 12.5. The Balaban J connectivity index is 1.92. The summed E-state index contributed by atoms with van der Waals surface area (Å²) in [6, 6.07) is 6.90. The fourth-order valence-electron chi connectivity index (χ4n) is 2.04. The van der Waals surface area contributed by atoms with Crippen LogP contribution in [-0.2, 0) is 0 Å². The van der Waals surface area contributed by atoms with Crippen molar-refractivity contribution in [2.24, 2.45) is 0 Å². The van der Waals surface area contributed by atoms with Gasteiger partial charge in [-0.1, -0.05) is 0 Å². The zero-order chi connectivity index (χ0) is 15.9. The Kier molecular flexibility index (Phi) is 5.80. The fourth-order valence-corrected chi connectivity index (χ4v) is 2.74. The zero-order valence-corrected chi connectivity index (χ0v) is 13.4. The first kappa shape index (κ1) is 16.3. The maximum Gasteiger partial charge on any atom is 0.255 e. The quantitative estimate of drug-likeness (QED) is 0.822. The molecule has 0 aliphatic rings. The third-order valence-electron chi connectivity index (χ3n) is 3.28. The van der Waals surface area contributed by atoms with E-state index in [1.54, 1.807) is 25.3 Å². The Labute approximate surface area is 133 Å². The van der Waals surface area contributed by atoms with Gasteiger partial charge in [-0.2, -0.15) is 11.3 Å². The highest BCUT2D eigenvalue weighted by molar-refractivity contribution is 7.07. The summed E-state index contributed by atoms with van der Waals surface area (Å²) in [5.41, 5.74) is 1.31. The third kappa shape index (κ3) is 3.99. The van der Waals surface area contributed by atoms with Crippen LogP contribution in [0.25, 0.3) is 0 Å². The lowest BCUT2D eigenvalue weighted by Crippen LogP contribution is -2.26. The number of hydrogen-bond donors (Lipinski definition) is 2. The first-order valence-corrected chi connectivity index (χ1v) is 7.80. The topological polar surface area (TPSA) is 67.8 Å². The number of rotatable bonds is 7. The van der Waals surface area contributed by atoms with Crippen LogP contribution in [0.15, 0.2) is 35.0 Å². The lowest BCUT2D eigenvalue weighted by atomic mass is 10.1. The standard InChI is InChI=1S/C16H19NO4S/c1-20-12-3-4-13(15(9-12)21-2)16(19)17-7-5-14(18)11-6-8-22-10-11/h3-4,6,8-10,14,18H,5,7H2,1-2H3,(H,17,19). The number of aliphatic hydroxyl groups is 1. The van der Waals surface area contributed by atoms with Crippen molar-refractivity contribution in [1.82, 2.24) is 5.32 Å². The van der Waals surface area contributed by atoms with E-state index in [4.69, 9.17) is 9.47 Å². The predicted octanol–water partition coefficient (Wildman–Crippen LogP) is 2.62. The van der Waals surface area contributed by atoms with E-state index in [1.165, 1.54) is 18.4 Å². The van der Waals surface area contributed by atoms with Gasteiger partial charge in [0, 0.05) is 12.6 Å². The summed E-state index contributed by atoms with van der Waals surface area (Å²) >= 11 is 1.54. The molecule has 6 heteroatoms. The summed E-state index contributed by atoms with van der Waals surface area (Å²) in [6.07, 6.45) is -0.106. The number of ether oxygens (including phenoxy) is 2. The number of amides is 1. The number of aliphatic hydroxyl groups excluding tert-OH is 1. The van der Waals surface area contributed by atoms with Gasteiger partial charge in [-0.15, -0.1) is 0 Å². The Morgan fingerprint density at radius 3 is 2.77 bits per heavy atom. The van der Waals surface area contributed by atoms with Crippen molar-refractivity contribution in [2.45, 2.75) is 12.5 Å². The second kappa shape index (κ2) is 7.82. The van der Waals surface area contributed by atoms with Crippen LogP contribution in [0.5, 0.6) is 11.5 Å². The van der Waals surface area contributed by atoms with E-state index < -0.39 is 6.10 Å². The van der Waals surface area contributed by atoms with Crippen molar-refractivity contribution in [3.05, 3.63) is 46.2 Å². The second-order valence-corrected chi connectivity index (χ2v) is 5.46. The lowest BCUT2D eigenvalue weighted by Gasteiger charge is -2.12. The number of carbonyl (C=O) groups is 1. The first-order valence-electron chi connectivity index (χ1n) is 6.86. The van der Waals surface area contributed by atoms with Crippen LogP contribution in [0.4, 0.5) is 0 Å². The van der Waals surface area contributed by atoms with E-state index >= 15 is 0 Å².